The van der Waals surface area contributed by atoms with Gasteiger partial charge in [-0.3, -0.25) is 15.0 Å². The summed E-state index contributed by atoms with van der Waals surface area (Å²) in [7, 11) is 0. The predicted octanol–water partition coefficient (Wildman–Crippen LogP) is 2.85. The van der Waals surface area contributed by atoms with Gasteiger partial charge in [-0.15, -0.1) is 23.7 Å². The van der Waals surface area contributed by atoms with Gasteiger partial charge in [0.15, 0.2) is 5.13 Å². The molecule has 0 saturated carbocycles. The van der Waals surface area contributed by atoms with Gasteiger partial charge in [0, 0.05) is 18.0 Å². The molecule has 3 amide bonds. The molecule has 4 N–H and O–H groups in total. The summed E-state index contributed by atoms with van der Waals surface area (Å²) in [6, 6.07) is 6.67. The number of halogens is 1. The lowest BCUT2D eigenvalue weighted by Gasteiger charge is -2.09. The summed E-state index contributed by atoms with van der Waals surface area (Å²) in [4.78, 5) is 38.3. The van der Waals surface area contributed by atoms with E-state index in [0.29, 0.717) is 16.5 Å². The number of anilines is 3. The molecule has 26 heavy (non-hydrogen) atoms. The molecule has 0 spiro atoms. The van der Waals surface area contributed by atoms with Crippen LogP contribution in [0.1, 0.15) is 24.3 Å². The van der Waals surface area contributed by atoms with Gasteiger partial charge in [-0.2, -0.15) is 0 Å². The molecule has 9 nitrogen and oxygen atoms in total. The van der Waals surface area contributed by atoms with Crippen LogP contribution in [-0.4, -0.2) is 29.5 Å². The molecule has 0 atom stereocenters. The number of rotatable bonds is 6. The van der Waals surface area contributed by atoms with Crippen molar-refractivity contribution in [2.75, 3.05) is 22.7 Å². The van der Waals surface area contributed by atoms with E-state index in [1.165, 1.54) is 18.3 Å². The number of benzene rings is 1. The third-order valence-corrected chi connectivity index (χ3v) is 3.50. The standard InChI is InChI=1S/C15H17N5O4S.ClH/c1-3-24-15(23)20-19-11-6-4-10(5-7-11)17-13(22)12-8-25-14(18-12)16-9(2)21;/h4-8,19H,3H2,1-2H3,(H,17,22)(H,20,23)(H,16,18,21);1H. The highest BCUT2D eigenvalue weighted by Gasteiger charge is 2.11. The fraction of sp³-hybridized carbons (Fsp3) is 0.200. The van der Waals surface area contributed by atoms with Crippen LogP contribution < -0.4 is 21.5 Å². The summed E-state index contributed by atoms with van der Waals surface area (Å²) in [6.07, 6.45) is -0.585. The van der Waals surface area contributed by atoms with Gasteiger partial charge in [-0.25, -0.2) is 15.2 Å². The first-order chi connectivity index (χ1) is 12.0. The van der Waals surface area contributed by atoms with Crippen molar-refractivity contribution in [3.05, 3.63) is 35.3 Å². The second kappa shape index (κ2) is 10.2. The van der Waals surface area contributed by atoms with Crippen LogP contribution >= 0.6 is 23.7 Å². The molecule has 140 valence electrons. The first-order valence-corrected chi connectivity index (χ1v) is 8.19. The molecule has 0 aliphatic rings. The van der Waals surface area contributed by atoms with Gasteiger partial charge in [0.1, 0.15) is 5.69 Å². The molecule has 0 fully saturated rings. The van der Waals surface area contributed by atoms with Crippen molar-refractivity contribution in [1.82, 2.24) is 10.4 Å². The highest BCUT2D eigenvalue weighted by molar-refractivity contribution is 7.14. The van der Waals surface area contributed by atoms with Crippen LogP contribution in [0, 0.1) is 0 Å². The number of nitrogens with one attached hydrogen (secondary N) is 4. The van der Waals surface area contributed by atoms with Crippen molar-refractivity contribution in [3.8, 4) is 0 Å². The number of amides is 3. The molecule has 0 aliphatic carbocycles. The quantitative estimate of drug-likeness (QED) is 0.554. The van der Waals surface area contributed by atoms with E-state index < -0.39 is 12.0 Å². The Kier molecular flexibility index (Phi) is 8.32. The Balaban J connectivity index is 0.00000338. The molecule has 0 radical (unpaired) electrons. The van der Waals surface area contributed by atoms with Crippen molar-refractivity contribution in [2.24, 2.45) is 0 Å². The number of hydrazine groups is 1. The van der Waals surface area contributed by atoms with E-state index in [2.05, 4.69) is 26.5 Å². The first-order valence-electron chi connectivity index (χ1n) is 7.31. The summed E-state index contributed by atoms with van der Waals surface area (Å²) < 4.78 is 4.71. The third kappa shape index (κ3) is 6.57. The molecule has 0 saturated heterocycles. The van der Waals surface area contributed by atoms with E-state index in [9.17, 15) is 14.4 Å². The van der Waals surface area contributed by atoms with Gasteiger partial charge in [-0.1, -0.05) is 0 Å². The summed E-state index contributed by atoms with van der Waals surface area (Å²) >= 11 is 1.17. The Labute approximate surface area is 159 Å². The van der Waals surface area contributed by atoms with Gasteiger partial charge < -0.3 is 15.4 Å². The van der Waals surface area contributed by atoms with Crippen molar-refractivity contribution in [3.63, 3.8) is 0 Å². The topological polar surface area (TPSA) is 121 Å². The summed E-state index contributed by atoms with van der Waals surface area (Å²) in [5, 5.41) is 7.13. The van der Waals surface area contributed by atoms with E-state index in [1.54, 1.807) is 36.6 Å². The number of carbonyl (C=O) groups excluding carboxylic acids is 3. The van der Waals surface area contributed by atoms with Gasteiger partial charge in [0.25, 0.3) is 5.91 Å². The molecule has 0 bridgehead atoms. The zero-order valence-electron chi connectivity index (χ0n) is 14.0. The molecule has 11 heteroatoms. The van der Waals surface area contributed by atoms with Gasteiger partial charge in [0.05, 0.1) is 12.3 Å². The fourth-order valence-electron chi connectivity index (χ4n) is 1.71. The van der Waals surface area contributed by atoms with Crippen LogP contribution in [0.5, 0.6) is 0 Å². The molecule has 2 rings (SSSR count). The third-order valence-electron chi connectivity index (χ3n) is 2.75. The van der Waals surface area contributed by atoms with E-state index in [0.717, 1.165) is 0 Å². The smallest absolute Gasteiger partial charge is 0.425 e. The lowest BCUT2D eigenvalue weighted by Crippen LogP contribution is -2.29. The normalized spacial score (nSPS) is 9.46. The van der Waals surface area contributed by atoms with E-state index in [-0.39, 0.29) is 30.6 Å². The Morgan fingerprint density at radius 2 is 1.77 bits per heavy atom. The largest absolute Gasteiger partial charge is 0.449 e. The maximum absolute atomic E-state index is 12.1. The SMILES string of the molecule is CCOC(=O)NNc1ccc(NC(=O)c2csc(NC(C)=O)n2)cc1.Cl. The average molecular weight is 400 g/mol. The molecule has 1 heterocycles. The van der Waals surface area contributed by atoms with Crippen molar-refractivity contribution in [1.29, 1.82) is 0 Å². The minimum absolute atomic E-state index is 0. The van der Waals surface area contributed by atoms with E-state index in [1.807, 2.05) is 0 Å². The zero-order valence-corrected chi connectivity index (χ0v) is 15.6. The number of thiazole rings is 1. The highest BCUT2D eigenvalue weighted by Crippen LogP contribution is 2.18. The second-order valence-electron chi connectivity index (χ2n) is 4.72. The van der Waals surface area contributed by atoms with E-state index in [4.69, 9.17) is 4.74 Å². The monoisotopic (exact) mass is 399 g/mol. The molecular weight excluding hydrogens is 382 g/mol. The Hall–Kier alpha value is -2.85. The molecule has 2 aromatic rings. The predicted molar refractivity (Wildman–Crippen MR) is 102 cm³/mol. The van der Waals surface area contributed by atoms with Gasteiger partial charge in [0.2, 0.25) is 5.91 Å². The van der Waals surface area contributed by atoms with Gasteiger partial charge >= 0.3 is 6.09 Å². The zero-order chi connectivity index (χ0) is 18.2. The maximum atomic E-state index is 12.1. The number of ether oxygens (including phenoxy) is 1. The fourth-order valence-corrected chi connectivity index (χ4v) is 2.45. The first kappa shape index (κ1) is 21.2. The minimum atomic E-state index is -0.585. The summed E-state index contributed by atoms with van der Waals surface area (Å²) in [5.41, 5.74) is 6.42. The van der Waals surface area contributed by atoms with E-state index >= 15 is 0 Å². The Morgan fingerprint density at radius 3 is 2.38 bits per heavy atom. The molecular formula is C15H18ClN5O4S. The number of hydrogen-bond donors (Lipinski definition) is 4. The molecule has 0 unspecified atom stereocenters. The van der Waals surface area contributed by atoms with Crippen LogP contribution in [0.2, 0.25) is 0 Å². The molecule has 1 aromatic carbocycles. The van der Waals surface area contributed by atoms with Crippen LogP contribution in [0.15, 0.2) is 29.6 Å². The lowest BCUT2D eigenvalue weighted by molar-refractivity contribution is -0.114. The Morgan fingerprint density at radius 1 is 1.12 bits per heavy atom. The highest BCUT2D eigenvalue weighted by atomic mass is 35.5. The molecule has 1 aromatic heterocycles. The van der Waals surface area contributed by atoms with Crippen molar-refractivity contribution in [2.45, 2.75) is 13.8 Å². The number of nitrogens with zero attached hydrogens (tertiary/aromatic N) is 1. The number of hydrogen-bond acceptors (Lipinski definition) is 7. The van der Waals surface area contributed by atoms with Gasteiger partial charge in [-0.05, 0) is 31.2 Å². The lowest BCUT2D eigenvalue weighted by atomic mass is 10.3. The Bertz CT molecular complexity index is 766. The van der Waals surface area contributed by atoms with Crippen LogP contribution in [0.4, 0.5) is 21.3 Å². The number of aromatic nitrogens is 1. The van der Waals surface area contributed by atoms with Crippen LogP contribution in [-0.2, 0) is 9.53 Å². The molecule has 0 aliphatic heterocycles. The summed E-state index contributed by atoms with van der Waals surface area (Å²) in [6.45, 7) is 3.35. The number of carbonyl (C=O) groups is 3. The average Bonchev–Trinajstić information content (AvgIpc) is 3.02. The summed E-state index contributed by atoms with van der Waals surface area (Å²) in [5.74, 6) is -0.640. The second-order valence-corrected chi connectivity index (χ2v) is 5.58. The van der Waals surface area contributed by atoms with Crippen LogP contribution in [0.3, 0.4) is 0 Å². The van der Waals surface area contributed by atoms with Crippen LogP contribution in [0.25, 0.3) is 0 Å². The minimum Gasteiger partial charge on any atom is -0.449 e. The van der Waals surface area contributed by atoms with Crippen molar-refractivity contribution < 1.29 is 19.1 Å². The maximum Gasteiger partial charge on any atom is 0.425 e. The van der Waals surface area contributed by atoms with Crippen molar-refractivity contribution >= 4 is 58.2 Å².